The number of ether oxygens (including phenoxy) is 1. The molecule has 0 heterocycles. The average Bonchev–Trinajstić information content (AvgIpc) is 2.97. The van der Waals surface area contributed by atoms with Crippen LogP contribution in [0.15, 0.2) is 18.2 Å². The number of carbonyl (C=O) groups is 1. The molecular weight excluding hydrogens is 252 g/mol. The molecule has 0 radical (unpaired) electrons. The lowest BCUT2D eigenvalue weighted by Gasteiger charge is -2.12. The molecule has 1 amide bonds. The monoisotopic (exact) mass is 272 g/mol. The Morgan fingerprint density at radius 2 is 2.20 bits per heavy atom. The molecule has 4 nitrogen and oxygen atoms in total. The lowest BCUT2D eigenvalue weighted by Crippen LogP contribution is -2.32. The van der Waals surface area contributed by atoms with Gasteiger partial charge >= 0.3 is 0 Å². The van der Waals surface area contributed by atoms with Crippen LogP contribution in [-0.2, 0) is 0 Å². The summed E-state index contributed by atoms with van der Waals surface area (Å²) in [5.74, 6) is 6.33. The van der Waals surface area contributed by atoms with Crippen LogP contribution in [0.1, 0.15) is 41.6 Å². The van der Waals surface area contributed by atoms with Gasteiger partial charge in [0.05, 0.1) is 19.2 Å². The minimum Gasteiger partial charge on any atom is -0.495 e. The summed E-state index contributed by atoms with van der Waals surface area (Å²) in [6.45, 7) is 0.279. The smallest absolute Gasteiger partial charge is 0.251 e. The number of methoxy groups -OCH3 is 1. The van der Waals surface area contributed by atoms with E-state index in [2.05, 4.69) is 17.2 Å². The first-order chi connectivity index (χ1) is 9.74. The summed E-state index contributed by atoms with van der Waals surface area (Å²) in [4.78, 5) is 12.2. The lowest BCUT2D eigenvalue weighted by molar-refractivity contribution is 0.0938. The normalized spacial score (nSPS) is 14.5. The van der Waals surface area contributed by atoms with Crippen LogP contribution >= 0.6 is 0 Å². The van der Waals surface area contributed by atoms with Gasteiger partial charge in [0.2, 0.25) is 0 Å². The summed E-state index contributed by atoms with van der Waals surface area (Å²) in [6.07, 6.45) is 4.53. The van der Waals surface area contributed by atoms with E-state index in [0.717, 1.165) is 12.8 Å². The summed E-state index contributed by atoms with van der Waals surface area (Å²) in [6, 6.07) is 5.59. The molecule has 20 heavy (non-hydrogen) atoms. The zero-order valence-corrected chi connectivity index (χ0v) is 11.7. The number of carbonyl (C=O) groups excluding carboxylic acids is 1. The van der Waals surface area contributed by atoms with Gasteiger partial charge in [0.15, 0.2) is 0 Å². The highest BCUT2D eigenvalue weighted by Crippen LogP contribution is 2.21. The third kappa shape index (κ3) is 3.52. The van der Waals surface area contributed by atoms with Crippen molar-refractivity contribution in [3.05, 3.63) is 29.3 Å². The number of hydrogen-bond donors (Lipinski definition) is 2. The van der Waals surface area contributed by atoms with Gasteiger partial charge in [0, 0.05) is 11.6 Å². The van der Waals surface area contributed by atoms with Crippen LogP contribution in [0.3, 0.4) is 0 Å². The highest BCUT2D eigenvalue weighted by molar-refractivity contribution is 5.95. The summed E-state index contributed by atoms with van der Waals surface area (Å²) in [7, 11) is 1.58. The van der Waals surface area contributed by atoms with Gasteiger partial charge in [0.1, 0.15) is 5.75 Å². The summed E-state index contributed by atoms with van der Waals surface area (Å²) < 4.78 is 5.24. The van der Waals surface area contributed by atoms with E-state index in [0.29, 0.717) is 22.9 Å². The maximum Gasteiger partial charge on any atom is 0.251 e. The van der Waals surface area contributed by atoms with Crippen molar-refractivity contribution in [2.45, 2.75) is 31.7 Å². The molecule has 0 bridgehead atoms. The molecular formula is C16H20N2O2. The number of nitrogens with one attached hydrogen (secondary N) is 1. The van der Waals surface area contributed by atoms with Crippen LogP contribution < -0.4 is 15.8 Å². The fourth-order valence-electron chi connectivity index (χ4n) is 2.43. The van der Waals surface area contributed by atoms with Crippen molar-refractivity contribution < 1.29 is 9.53 Å². The SMILES string of the molecule is COc1ccc(C(=O)NC2CCCC2)cc1C#CCN. The molecule has 1 aliphatic carbocycles. The molecule has 106 valence electrons. The van der Waals surface area contributed by atoms with Gasteiger partial charge < -0.3 is 15.8 Å². The van der Waals surface area contributed by atoms with Crippen LogP contribution in [-0.4, -0.2) is 25.6 Å². The van der Waals surface area contributed by atoms with Gasteiger partial charge in [-0.05, 0) is 31.0 Å². The molecule has 1 aromatic rings. The van der Waals surface area contributed by atoms with Crippen molar-refractivity contribution in [2.24, 2.45) is 5.73 Å². The third-order valence-electron chi connectivity index (χ3n) is 3.48. The van der Waals surface area contributed by atoms with E-state index >= 15 is 0 Å². The standard InChI is InChI=1S/C16H20N2O2/c1-20-15-9-8-13(11-12(15)5-4-10-17)16(19)18-14-6-2-3-7-14/h8-9,11,14H,2-3,6-7,10,17H2,1H3,(H,18,19). The fraction of sp³-hybridized carbons (Fsp3) is 0.438. The molecule has 4 heteroatoms. The summed E-state index contributed by atoms with van der Waals surface area (Å²) in [5.41, 5.74) is 6.68. The minimum absolute atomic E-state index is 0.0460. The predicted octanol–water partition coefficient (Wildman–Crippen LogP) is 1.68. The Morgan fingerprint density at radius 1 is 1.45 bits per heavy atom. The predicted molar refractivity (Wildman–Crippen MR) is 78.6 cm³/mol. The maximum atomic E-state index is 12.2. The molecule has 0 spiro atoms. The van der Waals surface area contributed by atoms with Crippen LogP contribution in [0.2, 0.25) is 0 Å². The number of amides is 1. The summed E-state index contributed by atoms with van der Waals surface area (Å²) in [5, 5.41) is 3.06. The van der Waals surface area contributed by atoms with Gasteiger partial charge in [-0.25, -0.2) is 0 Å². The van der Waals surface area contributed by atoms with Gasteiger partial charge in [-0.2, -0.15) is 0 Å². The molecule has 0 aliphatic heterocycles. The van der Waals surface area contributed by atoms with Crippen molar-refractivity contribution in [1.82, 2.24) is 5.32 Å². The van der Waals surface area contributed by atoms with Gasteiger partial charge in [-0.15, -0.1) is 0 Å². The Hall–Kier alpha value is -1.99. The molecule has 0 unspecified atom stereocenters. The second-order valence-corrected chi connectivity index (χ2v) is 4.88. The van der Waals surface area contributed by atoms with Crippen LogP contribution in [0.25, 0.3) is 0 Å². The van der Waals surface area contributed by atoms with E-state index in [1.54, 1.807) is 25.3 Å². The number of benzene rings is 1. The first-order valence-electron chi connectivity index (χ1n) is 6.92. The van der Waals surface area contributed by atoms with Crippen LogP contribution in [0, 0.1) is 11.8 Å². The van der Waals surface area contributed by atoms with Gasteiger partial charge in [0.25, 0.3) is 5.91 Å². The Morgan fingerprint density at radius 3 is 2.85 bits per heavy atom. The fourth-order valence-corrected chi connectivity index (χ4v) is 2.43. The van der Waals surface area contributed by atoms with Crippen molar-refractivity contribution in [3.63, 3.8) is 0 Å². The average molecular weight is 272 g/mol. The van der Waals surface area contributed by atoms with Crippen molar-refractivity contribution in [2.75, 3.05) is 13.7 Å². The largest absolute Gasteiger partial charge is 0.495 e. The van der Waals surface area contributed by atoms with Crippen molar-refractivity contribution in [1.29, 1.82) is 0 Å². The highest BCUT2D eigenvalue weighted by atomic mass is 16.5. The molecule has 2 rings (SSSR count). The molecule has 1 fully saturated rings. The zero-order valence-electron chi connectivity index (χ0n) is 11.7. The van der Waals surface area contributed by atoms with E-state index < -0.39 is 0 Å². The Balaban J connectivity index is 2.16. The van der Waals surface area contributed by atoms with E-state index in [4.69, 9.17) is 10.5 Å². The Bertz CT molecular complexity index is 537. The van der Waals surface area contributed by atoms with E-state index in [9.17, 15) is 4.79 Å². The zero-order chi connectivity index (χ0) is 14.4. The molecule has 1 aromatic carbocycles. The molecule has 0 atom stereocenters. The van der Waals surface area contributed by atoms with E-state index in [1.807, 2.05) is 0 Å². The number of rotatable bonds is 3. The minimum atomic E-state index is -0.0460. The number of hydrogen-bond acceptors (Lipinski definition) is 3. The molecule has 1 saturated carbocycles. The molecule has 0 saturated heterocycles. The highest BCUT2D eigenvalue weighted by Gasteiger charge is 2.18. The number of nitrogens with two attached hydrogens (primary N) is 1. The topological polar surface area (TPSA) is 64.3 Å². The van der Waals surface area contributed by atoms with E-state index in [1.165, 1.54) is 12.8 Å². The summed E-state index contributed by atoms with van der Waals surface area (Å²) >= 11 is 0. The lowest BCUT2D eigenvalue weighted by atomic mass is 10.1. The van der Waals surface area contributed by atoms with Gasteiger partial charge in [-0.1, -0.05) is 24.7 Å². The first kappa shape index (κ1) is 14.4. The van der Waals surface area contributed by atoms with Crippen LogP contribution in [0.5, 0.6) is 5.75 Å². The molecule has 1 aliphatic rings. The first-order valence-corrected chi connectivity index (χ1v) is 6.92. The maximum absolute atomic E-state index is 12.2. The third-order valence-corrected chi connectivity index (χ3v) is 3.48. The van der Waals surface area contributed by atoms with Crippen molar-refractivity contribution in [3.8, 4) is 17.6 Å². The Kier molecular flexibility index (Phi) is 5.03. The second-order valence-electron chi connectivity index (χ2n) is 4.88. The van der Waals surface area contributed by atoms with E-state index in [-0.39, 0.29) is 12.5 Å². The van der Waals surface area contributed by atoms with Crippen molar-refractivity contribution >= 4 is 5.91 Å². The van der Waals surface area contributed by atoms with Crippen LogP contribution in [0.4, 0.5) is 0 Å². The van der Waals surface area contributed by atoms with Gasteiger partial charge in [-0.3, -0.25) is 4.79 Å². The quantitative estimate of drug-likeness (QED) is 0.823. The molecule has 0 aromatic heterocycles. The molecule has 3 N–H and O–H groups in total. The second kappa shape index (κ2) is 6.97. The Labute approximate surface area is 119 Å².